The van der Waals surface area contributed by atoms with Gasteiger partial charge in [-0.25, -0.2) is 4.98 Å². The maximum absolute atomic E-state index is 5.49. The average Bonchev–Trinajstić information content (AvgIpc) is 3.09. The molecule has 2 aromatic heterocycles. The molecule has 1 N–H and O–H groups in total. The van der Waals surface area contributed by atoms with Crippen molar-refractivity contribution in [3.8, 4) is 17.3 Å². The number of hydrogen-bond donors (Lipinski definition) is 1. The van der Waals surface area contributed by atoms with E-state index in [2.05, 4.69) is 51.0 Å². The van der Waals surface area contributed by atoms with E-state index in [0.29, 0.717) is 11.8 Å². The lowest BCUT2D eigenvalue weighted by molar-refractivity contribution is 0.420. The summed E-state index contributed by atoms with van der Waals surface area (Å²) in [6.07, 6.45) is 4.15. The third-order valence-electron chi connectivity index (χ3n) is 4.56. The van der Waals surface area contributed by atoms with Crippen LogP contribution in [0.15, 0.2) is 35.1 Å². The normalized spacial score (nSPS) is 18.2. The van der Waals surface area contributed by atoms with Crippen LogP contribution in [-0.4, -0.2) is 19.7 Å². The standard InChI is InChI=1S/C17H17N5O/c1-17(2)14-13(16-19-15(21-23-16)10-7-8-10)18-9-22(14)12-6-4-3-5-11(12)20-17/h3-6,9-10,20H,7-8H2,1-2H3. The molecule has 0 spiro atoms. The Kier molecular flexibility index (Phi) is 2.36. The van der Waals surface area contributed by atoms with E-state index in [0.717, 1.165) is 41.4 Å². The Labute approximate surface area is 133 Å². The molecule has 1 aromatic carbocycles. The SMILES string of the molecule is CC1(C)Nc2ccccc2-n2cnc(-c3nc(C4CC4)no3)c21. The lowest BCUT2D eigenvalue weighted by Gasteiger charge is -2.35. The van der Waals surface area contributed by atoms with Gasteiger partial charge in [0.25, 0.3) is 5.89 Å². The van der Waals surface area contributed by atoms with Gasteiger partial charge in [0.1, 0.15) is 6.33 Å². The molecule has 1 aliphatic heterocycles. The van der Waals surface area contributed by atoms with Crippen LogP contribution in [0.2, 0.25) is 0 Å². The van der Waals surface area contributed by atoms with Crippen LogP contribution in [0.25, 0.3) is 17.3 Å². The fourth-order valence-electron chi connectivity index (χ4n) is 3.31. The number of aromatic nitrogens is 4. The maximum atomic E-state index is 5.49. The van der Waals surface area contributed by atoms with Gasteiger partial charge in [0.15, 0.2) is 11.5 Å². The van der Waals surface area contributed by atoms with Crippen molar-refractivity contribution in [2.45, 2.75) is 38.1 Å². The molecule has 1 fully saturated rings. The number of anilines is 1. The van der Waals surface area contributed by atoms with Gasteiger partial charge >= 0.3 is 0 Å². The van der Waals surface area contributed by atoms with E-state index >= 15 is 0 Å². The van der Waals surface area contributed by atoms with Gasteiger partial charge in [-0.3, -0.25) is 4.57 Å². The first-order valence-electron chi connectivity index (χ1n) is 7.93. The van der Waals surface area contributed by atoms with Crippen molar-refractivity contribution in [2.24, 2.45) is 0 Å². The van der Waals surface area contributed by atoms with Crippen LogP contribution in [-0.2, 0) is 5.54 Å². The van der Waals surface area contributed by atoms with Crippen LogP contribution < -0.4 is 5.32 Å². The second-order valence-electron chi connectivity index (χ2n) is 6.81. The minimum atomic E-state index is -0.283. The Hall–Kier alpha value is -2.63. The van der Waals surface area contributed by atoms with Crippen LogP contribution >= 0.6 is 0 Å². The molecule has 2 aliphatic rings. The molecule has 0 unspecified atom stereocenters. The van der Waals surface area contributed by atoms with E-state index in [9.17, 15) is 0 Å². The van der Waals surface area contributed by atoms with E-state index in [-0.39, 0.29) is 5.54 Å². The molecule has 6 heteroatoms. The van der Waals surface area contributed by atoms with Gasteiger partial charge in [-0.15, -0.1) is 0 Å². The highest BCUT2D eigenvalue weighted by atomic mass is 16.5. The molecular formula is C17H17N5O. The number of benzene rings is 1. The molecule has 0 bridgehead atoms. The minimum Gasteiger partial charge on any atom is -0.373 e. The molecule has 0 saturated heterocycles. The van der Waals surface area contributed by atoms with Gasteiger partial charge in [0.2, 0.25) is 0 Å². The first-order chi connectivity index (χ1) is 11.1. The van der Waals surface area contributed by atoms with Crippen molar-refractivity contribution in [3.63, 3.8) is 0 Å². The molecule has 6 nitrogen and oxygen atoms in total. The van der Waals surface area contributed by atoms with Gasteiger partial charge in [-0.2, -0.15) is 4.98 Å². The summed E-state index contributed by atoms with van der Waals surface area (Å²) < 4.78 is 7.61. The van der Waals surface area contributed by atoms with Crippen molar-refractivity contribution in [1.82, 2.24) is 19.7 Å². The number of imidazole rings is 1. The summed E-state index contributed by atoms with van der Waals surface area (Å²) in [5, 5.41) is 7.70. The summed E-state index contributed by atoms with van der Waals surface area (Å²) in [6.45, 7) is 4.27. The highest BCUT2D eigenvalue weighted by Gasteiger charge is 2.37. The quantitative estimate of drug-likeness (QED) is 0.785. The molecule has 0 atom stereocenters. The smallest absolute Gasteiger partial charge is 0.278 e. The van der Waals surface area contributed by atoms with Gasteiger partial charge in [0.05, 0.1) is 22.6 Å². The number of fused-ring (bicyclic) bond motifs is 3. The van der Waals surface area contributed by atoms with Crippen LogP contribution in [0.5, 0.6) is 0 Å². The molecule has 5 rings (SSSR count). The summed E-state index contributed by atoms with van der Waals surface area (Å²) in [5.41, 5.74) is 3.70. The van der Waals surface area contributed by atoms with Gasteiger partial charge in [0, 0.05) is 5.92 Å². The largest absolute Gasteiger partial charge is 0.373 e. The molecule has 1 aliphatic carbocycles. The Morgan fingerprint density at radius 1 is 1.26 bits per heavy atom. The molecule has 23 heavy (non-hydrogen) atoms. The molecular weight excluding hydrogens is 290 g/mol. The third-order valence-corrected chi connectivity index (χ3v) is 4.56. The van der Waals surface area contributed by atoms with E-state index < -0.39 is 0 Å². The molecule has 0 amide bonds. The zero-order valence-electron chi connectivity index (χ0n) is 13.1. The first kappa shape index (κ1) is 12.9. The molecule has 116 valence electrons. The molecule has 3 heterocycles. The molecule has 3 aromatic rings. The number of rotatable bonds is 2. The number of nitrogens with one attached hydrogen (secondary N) is 1. The van der Waals surface area contributed by atoms with Crippen molar-refractivity contribution < 1.29 is 4.52 Å². The minimum absolute atomic E-state index is 0.283. The Morgan fingerprint density at radius 2 is 2.09 bits per heavy atom. The first-order valence-corrected chi connectivity index (χ1v) is 7.93. The highest BCUT2D eigenvalue weighted by molar-refractivity contribution is 5.70. The van der Waals surface area contributed by atoms with E-state index in [1.807, 2.05) is 18.5 Å². The summed E-state index contributed by atoms with van der Waals surface area (Å²) in [5.74, 6) is 1.79. The lowest BCUT2D eigenvalue weighted by atomic mass is 9.94. The fourth-order valence-corrected chi connectivity index (χ4v) is 3.31. The number of hydrogen-bond acceptors (Lipinski definition) is 5. The second kappa shape index (κ2) is 4.22. The second-order valence-corrected chi connectivity index (χ2v) is 6.81. The molecule has 1 saturated carbocycles. The van der Waals surface area contributed by atoms with Crippen molar-refractivity contribution in [3.05, 3.63) is 42.1 Å². The van der Waals surface area contributed by atoms with Crippen LogP contribution in [0, 0.1) is 0 Å². The number of nitrogens with zero attached hydrogens (tertiary/aromatic N) is 4. The summed E-state index contributed by atoms with van der Waals surface area (Å²) in [7, 11) is 0. The van der Waals surface area contributed by atoms with E-state index in [1.54, 1.807) is 0 Å². The van der Waals surface area contributed by atoms with E-state index in [1.165, 1.54) is 0 Å². The highest BCUT2D eigenvalue weighted by Crippen LogP contribution is 2.42. The predicted octanol–water partition coefficient (Wildman–Crippen LogP) is 3.46. The zero-order valence-corrected chi connectivity index (χ0v) is 13.1. The fraction of sp³-hybridized carbons (Fsp3) is 0.353. The van der Waals surface area contributed by atoms with Crippen LogP contribution in [0.4, 0.5) is 5.69 Å². The maximum Gasteiger partial charge on any atom is 0.278 e. The average molecular weight is 307 g/mol. The van der Waals surface area contributed by atoms with Gasteiger partial charge in [-0.05, 0) is 38.8 Å². The summed E-state index contributed by atoms with van der Waals surface area (Å²) in [4.78, 5) is 9.15. The van der Waals surface area contributed by atoms with Crippen molar-refractivity contribution in [1.29, 1.82) is 0 Å². The van der Waals surface area contributed by atoms with Crippen LogP contribution in [0.1, 0.15) is 44.1 Å². The molecule has 0 radical (unpaired) electrons. The zero-order chi connectivity index (χ0) is 15.6. The predicted molar refractivity (Wildman–Crippen MR) is 85.5 cm³/mol. The van der Waals surface area contributed by atoms with Gasteiger partial charge in [-0.1, -0.05) is 17.3 Å². The lowest BCUT2D eigenvalue weighted by Crippen LogP contribution is -2.35. The van der Waals surface area contributed by atoms with Crippen LogP contribution in [0.3, 0.4) is 0 Å². The third kappa shape index (κ3) is 1.84. The van der Waals surface area contributed by atoms with Crippen molar-refractivity contribution >= 4 is 5.69 Å². The summed E-state index contributed by atoms with van der Waals surface area (Å²) >= 11 is 0. The Balaban J connectivity index is 1.69. The monoisotopic (exact) mass is 307 g/mol. The van der Waals surface area contributed by atoms with Gasteiger partial charge < -0.3 is 9.84 Å². The Bertz CT molecular complexity index is 903. The summed E-state index contributed by atoms with van der Waals surface area (Å²) in [6, 6.07) is 8.22. The van der Waals surface area contributed by atoms with E-state index in [4.69, 9.17) is 4.52 Å². The topological polar surface area (TPSA) is 68.8 Å². The van der Waals surface area contributed by atoms with Crippen molar-refractivity contribution in [2.75, 3.05) is 5.32 Å². The Morgan fingerprint density at radius 3 is 2.91 bits per heavy atom. The number of para-hydroxylation sites is 2.